The van der Waals surface area contributed by atoms with Crippen LogP contribution in [0, 0.1) is 0 Å². The molecule has 16 heavy (non-hydrogen) atoms. The average molecular weight is 212 g/mol. The maximum Gasteiger partial charge on any atom is 0.0477 e. The molecule has 0 radical (unpaired) electrons. The zero-order chi connectivity index (χ0) is 11.4. The average Bonchev–Trinajstić information content (AvgIpc) is 2.91. The molecule has 0 unspecified atom stereocenters. The minimum absolute atomic E-state index is 1.29. The molecule has 0 bridgehead atoms. The Labute approximate surface area is 95.7 Å². The van der Waals surface area contributed by atoms with Gasteiger partial charge in [-0.3, -0.25) is 0 Å². The Balaban J connectivity index is 0.000000138. The van der Waals surface area contributed by atoms with E-state index in [1.807, 2.05) is 36.1 Å². The second kappa shape index (κ2) is 4.71. The monoisotopic (exact) mass is 212 g/mol. The topological polar surface area (TPSA) is 9.86 Å². The summed E-state index contributed by atoms with van der Waals surface area (Å²) in [7, 11) is 4.06. The van der Waals surface area contributed by atoms with E-state index in [1.54, 1.807) is 0 Å². The van der Waals surface area contributed by atoms with Gasteiger partial charge in [0.05, 0.1) is 0 Å². The quantitative estimate of drug-likeness (QED) is 0.541. The molecule has 0 N–H and O–H groups in total. The molecule has 0 saturated carbocycles. The molecule has 82 valence electrons. The molecular weight excluding hydrogens is 196 g/mol. The Morgan fingerprint density at radius 3 is 2.00 bits per heavy atom. The fourth-order valence-corrected chi connectivity index (χ4v) is 1.64. The van der Waals surface area contributed by atoms with Crippen LogP contribution in [0.2, 0.25) is 0 Å². The molecule has 0 fully saturated rings. The van der Waals surface area contributed by atoms with Gasteiger partial charge in [-0.05, 0) is 29.7 Å². The third-order valence-electron chi connectivity index (χ3n) is 2.55. The van der Waals surface area contributed by atoms with Crippen LogP contribution in [-0.2, 0) is 14.1 Å². The summed E-state index contributed by atoms with van der Waals surface area (Å²) in [5, 5.41) is 1.31. The SMILES string of the molecule is Cn1ccc2ccccc21.Cn1cccc1. The van der Waals surface area contributed by atoms with Crippen LogP contribution < -0.4 is 0 Å². The smallest absolute Gasteiger partial charge is 0.0477 e. The van der Waals surface area contributed by atoms with E-state index in [0.29, 0.717) is 0 Å². The molecule has 0 saturated heterocycles. The van der Waals surface area contributed by atoms with E-state index in [4.69, 9.17) is 0 Å². The summed E-state index contributed by atoms with van der Waals surface area (Å²) in [6.07, 6.45) is 6.07. The molecule has 0 atom stereocenters. The number of aryl methyl sites for hydroxylation is 2. The Hall–Kier alpha value is -1.96. The van der Waals surface area contributed by atoms with Crippen molar-refractivity contribution in [1.82, 2.24) is 9.13 Å². The lowest BCUT2D eigenvalue weighted by Crippen LogP contribution is -1.81. The first-order valence-corrected chi connectivity index (χ1v) is 5.34. The van der Waals surface area contributed by atoms with Gasteiger partial charge in [0, 0.05) is 38.2 Å². The maximum absolute atomic E-state index is 2.12. The van der Waals surface area contributed by atoms with Crippen LogP contribution in [0.15, 0.2) is 61.1 Å². The zero-order valence-electron chi connectivity index (χ0n) is 9.67. The Kier molecular flexibility index (Phi) is 3.10. The summed E-state index contributed by atoms with van der Waals surface area (Å²) in [5.74, 6) is 0. The third-order valence-corrected chi connectivity index (χ3v) is 2.55. The van der Waals surface area contributed by atoms with Crippen LogP contribution in [0.3, 0.4) is 0 Å². The Morgan fingerprint density at radius 2 is 1.44 bits per heavy atom. The van der Waals surface area contributed by atoms with Gasteiger partial charge < -0.3 is 9.13 Å². The lowest BCUT2D eigenvalue weighted by Gasteiger charge is -1.92. The van der Waals surface area contributed by atoms with Crippen molar-refractivity contribution in [1.29, 1.82) is 0 Å². The minimum atomic E-state index is 1.29. The van der Waals surface area contributed by atoms with Gasteiger partial charge in [0.2, 0.25) is 0 Å². The Morgan fingerprint density at radius 1 is 0.750 bits per heavy atom. The predicted octanol–water partition coefficient (Wildman–Crippen LogP) is 3.20. The zero-order valence-corrected chi connectivity index (χ0v) is 9.67. The molecule has 1 aromatic carbocycles. The summed E-state index contributed by atoms with van der Waals surface area (Å²) < 4.78 is 4.12. The molecule has 2 aromatic heterocycles. The van der Waals surface area contributed by atoms with E-state index in [9.17, 15) is 0 Å². The minimum Gasteiger partial charge on any atom is -0.357 e. The molecule has 2 heteroatoms. The van der Waals surface area contributed by atoms with Gasteiger partial charge >= 0.3 is 0 Å². The van der Waals surface area contributed by atoms with E-state index >= 15 is 0 Å². The number of para-hydroxylation sites is 1. The number of nitrogens with zero attached hydrogens (tertiary/aromatic N) is 2. The van der Waals surface area contributed by atoms with E-state index in [1.165, 1.54) is 10.9 Å². The lowest BCUT2D eigenvalue weighted by atomic mass is 10.2. The van der Waals surface area contributed by atoms with Crippen LogP contribution in [0.5, 0.6) is 0 Å². The lowest BCUT2D eigenvalue weighted by molar-refractivity contribution is 0.928. The van der Waals surface area contributed by atoms with E-state index in [2.05, 4.69) is 48.1 Å². The standard InChI is InChI=1S/C9H9N.C5H7N/c1-10-7-6-8-4-2-3-5-9(8)10;1-6-4-2-3-5-6/h2-7H,1H3;2-5H,1H3. The van der Waals surface area contributed by atoms with Gasteiger partial charge in [-0.1, -0.05) is 18.2 Å². The number of fused-ring (bicyclic) bond motifs is 1. The first-order valence-electron chi connectivity index (χ1n) is 5.34. The van der Waals surface area contributed by atoms with E-state index < -0.39 is 0 Å². The summed E-state index contributed by atoms with van der Waals surface area (Å²) in [6, 6.07) is 14.5. The van der Waals surface area contributed by atoms with Crippen LogP contribution >= 0.6 is 0 Å². The highest BCUT2D eigenvalue weighted by atomic mass is 14.9. The largest absolute Gasteiger partial charge is 0.357 e. The summed E-state index contributed by atoms with van der Waals surface area (Å²) in [4.78, 5) is 0. The van der Waals surface area contributed by atoms with Crippen molar-refractivity contribution in [2.24, 2.45) is 14.1 Å². The van der Waals surface area contributed by atoms with Crippen molar-refractivity contribution < 1.29 is 0 Å². The predicted molar refractivity (Wildman–Crippen MR) is 68.3 cm³/mol. The molecule has 0 spiro atoms. The highest BCUT2D eigenvalue weighted by Crippen LogP contribution is 2.12. The van der Waals surface area contributed by atoms with Crippen LogP contribution in [0.4, 0.5) is 0 Å². The number of hydrogen-bond donors (Lipinski definition) is 0. The fourth-order valence-electron chi connectivity index (χ4n) is 1.64. The molecule has 2 heterocycles. The normalized spacial score (nSPS) is 9.88. The molecule has 3 aromatic rings. The summed E-state index contributed by atoms with van der Waals surface area (Å²) >= 11 is 0. The Bertz CT molecular complexity index is 547. The van der Waals surface area contributed by atoms with Gasteiger partial charge in [-0.25, -0.2) is 0 Å². The molecule has 3 rings (SSSR count). The second-order valence-electron chi connectivity index (χ2n) is 3.83. The summed E-state index contributed by atoms with van der Waals surface area (Å²) in [6.45, 7) is 0. The van der Waals surface area contributed by atoms with Gasteiger partial charge in [0.1, 0.15) is 0 Å². The van der Waals surface area contributed by atoms with Gasteiger partial charge in [0.15, 0.2) is 0 Å². The molecule has 0 aliphatic heterocycles. The van der Waals surface area contributed by atoms with Crippen LogP contribution in [0.25, 0.3) is 10.9 Å². The second-order valence-corrected chi connectivity index (χ2v) is 3.83. The van der Waals surface area contributed by atoms with Crippen molar-refractivity contribution in [2.45, 2.75) is 0 Å². The van der Waals surface area contributed by atoms with Gasteiger partial charge in [-0.2, -0.15) is 0 Å². The molecule has 2 nitrogen and oxygen atoms in total. The van der Waals surface area contributed by atoms with Crippen molar-refractivity contribution >= 4 is 10.9 Å². The number of hydrogen-bond acceptors (Lipinski definition) is 0. The van der Waals surface area contributed by atoms with E-state index in [-0.39, 0.29) is 0 Å². The maximum atomic E-state index is 2.12. The van der Waals surface area contributed by atoms with Crippen molar-refractivity contribution in [3.63, 3.8) is 0 Å². The van der Waals surface area contributed by atoms with Crippen molar-refractivity contribution in [3.8, 4) is 0 Å². The van der Waals surface area contributed by atoms with Crippen LogP contribution in [0.1, 0.15) is 0 Å². The van der Waals surface area contributed by atoms with Crippen molar-refractivity contribution in [2.75, 3.05) is 0 Å². The number of benzene rings is 1. The fraction of sp³-hybridized carbons (Fsp3) is 0.143. The molecule has 0 aliphatic rings. The molecule has 0 aliphatic carbocycles. The van der Waals surface area contributed by atoms with Crippen LogP contribution in [-0.4, -0.2) is 9.13 Å². The number of rotatable bonds is 0. The van der Waals surface area contributed by atoms with E-state index in [0.717, 1.165) is 0 Å². The highest BCUT2D eigenvalue weighted by molar-refractivity contribution is 5.79. The van der Waals surface area contributed by atoms with Crippen molar-refractivity contribution in [3.05, 3.63) is 61.1 Å². The first kappa shape index (κ1) is 10.6. The van der Waals surface area contributed by atoms with Gasteiger partial charge in [0.25, 0.3) is 0 Å². The van der Waals surface area contributed by atoms with Gasteiger partial charge in [-0.15, -0.1) is 0 Å². The first-order chi connectivity index (χ1) is 7.77. The highest BCUT2D eigenvalue weighted by Gasteiger charge is 1.92. The molecular formula is C14H16N2. The third kappa shape index (κ3) is 2.34. The molecule has 0 amide bonds. The number of aromatic nitrogens is 2. The summed E-state index contributed by atoms with van der Waals surface area (Å²) in [5.41, 5.74) is 1.29.